The zero-order valence-electron chi connectivity index (χ0n) is 16.1. The summed E-state index contributed by atoms with van der Waals surface area (Å²) in [4.78, 5) is 26.0. The van der Waals surface area contributed by atoms with Crippen LogP contribution in [0.1, 0.15) is 57.9 Å². The van der Waals surface area contributed by atoms with E-state index >= 15 is 0 Å². The van der Waals surface area contributed by atoms with Gasteiger partial charge in [0, 0.05) is 25.6 Å². The van der Waals surface area contributed by atoms with Gasteiger partial charge in [-0.25, -0.2) is 0 Å². The van der Waals surface area contributed by atoms with Crippen LogP contribution in [0.2, 0.25) is 0 Å². The van der Waals surface area contributed by atoms with Gasteiger partial charge in [0.05, 0.1) is 0 Å². The Hall–Kier alpha value is -2.04. The number of nitrogens with zero attached hydrogens (tertiary/aromatic N) is 1. The van der Waals surface area contributed by atoms with Gasteiger partial charge in [-0.1, -0.05) is 38.8 Å². The summed E-state index contributed by atoms with van der Waals surface area (Å²) >= 11 is 0. The summed E-state index contributed by atoms with van der Waals surface area (Å²) in [7, 11) is 0. The molecule has 1 aliphatic rings. The summed E-state index contributed by atoms with van der Waals surface area (Å²) in [6.07, 6.45) is 6.43. The van der Waals surface area contributed by atoms with Crippen molar-refractivity contribution in [2.75, 3.05) is 19.7 Å². The average molecular weight is 360 g/mol. The van der Waals surface area contributed by atoms with Crippen LogP contribution in [-0.4, -0.2) is 42.5 Å². The van der Waals surface area contributed by atoms with Gasteiger partial charge in [-0.2, -0.15) is 0 Å². The van der Waals surface area contributed by atoms with E-state index in [-0.39, 0.29) is 24.5 Å². The molecular formula is C21H32N2O3. The number of benzene rings is 1. The predicted molar refractivity (Wildman–Crippen MR) is 103 cm³/mol. The highest BCUT2D eigenvalue weighted by molar-refractivity contribution is 5.78. The summed E-state index contributed by atoms with van der Waals surface area (Å²) in [5.41, 5.74) is 1.28. The molecule has 1 saturated heterocycles. The van der Waals surface area contributed by atoms with Crippen molar-refractivity contribution in [2.45, 2.75) is 64.8 Å². The summed E-state index contributed by atoms with van der Waals surface area (Å²) in [5.74, 6) is 0.862. The first-order chi connectivity index (χ1) is 12.6. The third kappa shape index (κ3) is 6.70. The Morgan fingerprint density at radius 3 is 2.42 bits per heavy atom. The lowest BCUT2D eigenvalue weighted by atomic mass is 10.0. The van der Waals surface area contributed by atoms with E-state index in [1.807, 2.05) is 29.2 Å². The van der Waals surface area contributed by atoms with Crippen LogP contribution in [0.15, 0.2) is 24.3 Å². The number of rotatable bonds is 9. The predicted octanol–water partition coefficient (Wildman–Crippen LogP) is 3.32. The Morgan fingerprint density at radius 2 is 1.81 bits per heavy atom. The van der Waals surface area contributed by atoms with Gasteiger partial charge in [-0.15, -0.1) is 0 Å². The molecule has 1 fully saturated rings. The monoisotopic (exact) mass is 360 g/mol. The molecule has 0 atom stereocenters. The van der Waals surface area contributed by atoms with Crippen LogP contribution < -0.4 is 10.1 Å². The second kappa shape index (κ2) is 10.8. The molecule has 1 N–H and O–H groups in total. The standard InChI is InChI=1S/C21H32N2O3/c1-3-5-7-21(25)23-14-12-18(13-15-23)22-20(24)16-26-19-10-8-17(6-4-2)9-11-19/h8-11,18H,3-7,12-16H2,1-2H3,(H,22,24). The third-order valence-electron chi connectivity index (χ3n) is 4.79. The highest BCUT2D eigenvalue weighted by Crippen LogP contribution is 2.14. The van der Waals surface area contributed by atoms with E-state index in [1.54, 1.807) is 0 Å². The van der Waals surface area contributed by atoms with E-state index in [4.69, 9.17) is 4.74 Å². The van der Waals surface area contributed by atoms with Crippen molar-refractivity contribution in [3.63, 3.8) is 0 Å². The molecule has 2 amide bonds. The summed E-state index contributed by atoms with van der Waals surface area (Å²) in [5, 5.41) is 3.02. The minimum Gasteiger partial charge on any atom is -0.484 e. The van der Waals surface area contributed by atoms with Gasteiger partial charge in [0.2, 0.25) is 5.91 Å². The van der Waals surface area contributed by atoms with Crippen LogP contribution in [-0.2, 0) is 16.0 Å². The second-order valence-electron chi connectivity index (χ2n) is 7.01. The van der Waals surface area contributed by atoms with Gasteiger partial charge >= 0.3 is 0 Å². The molecule has 1 heterocycles. The Morgan fingerprint density at radius 1 is 1.12 bits per heavy atom. The fourth-order valence-electron chi connectivity index (χ4n) is 3.22. The molecule has 1 aromatic rings. The molecule has 0 saturated carbocycles. The molecular weight excluding hydrogens is 328 g/mol. The summed E-state index contributed by atoms with van der Waals surface area (Å²) in [6, 6.07) is 8.05. The van der Waals surface area contributed by atoms with Gasteiger partial charge in [-0.3, -0.25) is 9.59 Å². The van der Waals surface area contributed by atoms with E-state index in [0.29, 0.717) is 6.42 Å². The lowest BCUT2D eigenvalue weighted by molar-refractivity contribution is -0.132. The normalized spacial score (nSPS) is 14.9. The second-order valence-corrected chi connectivity index (χ2v) is 7.01. The number of hydrogen-bond acceptors (Lipinski definition) is 3. The number of hydrogen-bond donors (Lipinski definition) is 1. The molecule has 1 aliphatic heterocycles. The molecule has 0 bridgehead atoms. The molecule has 2 rings (SSSR count). The topological polar surface area (TPSA) is 58.6 Å². The van der Waals surface area contributed by atoms with E-state index in [1.165, 1.54) is 5.56 Å². The van der Waals surface area contributed by atoms with Crippen molar-refractivity contribution < 1.29 is 14.3 Å². The van der Waals surface area contributed by atoms with Gasteiger partial charge in [-0.05, 0) is 43.4 Å². The lowest BCUT2D eigenvalue weighted by Crippen LogP contribution is -2.47. The molecule has 0 aromatic heterocycles. The number of unbranched alkanes of at least 4 members (excludes halogenated alkanes) is 1. The maximum Gasteiger partial charge on any atom is 0.258 e. The molecule has 0 unspecified atom stereocenters. The molecule has 5 nitrogen and oxygen atoms in total. The van der Waals surface area contributed by atoms with Crippen LogP contribution in [0.4, 0.5) is 0 Å². The molecule has 26 heavy (non-hydrogen) atoms. The third-order valence-corrected chi connectivity index (χ3v) is 4.79. The number of nitrogens with one attached hydrogen (secondary N) is 1. The van der Waals surface area contributed by atoms with Crippen molar-refractivity contribution >= 4 is 11.8 Å². The highest BCUT2D eigenvalue weighted by Gasteiger charge is 2.23. The molecule has 0 spiro atoms. The van der Waals surface area contributed by atoms with Crippen LogP contribution in [0.3, 0.4) is 0 Å². The Bertz CT molecular complexity index is 563. The number of likely N-dealkylation sites (tertiary alicyclic amines) is 1. The number of amides is 2. The van der Waals surface area contributed by atoms with Gasteiger partial charge in [0.25, 0.3) is 5.91 Å². The zero-order chi connectivity index (χ0) is 18.8. The smallest absolute Gasteiger partial charge is 0.258 e. The quantitative estimate of drug-likeness (QED) is 0.735. The van der Waals surface area contributed by atoms with Crippen LogP contribution in [0.25, 0.3) is 0 Å². The van der Waals surface area contributed by atoms with Crippen molar-refractivity contribution in [1.29, 1.82) is 0 Å². The van der Waals surface area contributed by atoms with E-state index in [9.17, 15) is 9.59 Å². The Labute approximate surface area is 157 Å². The molecule has 1 aromatic carbocycles. The van der Waals surface area contributed by atoms with Crippen LogP contribution >= 0.6 is 0 Å². The van der Waals surface area contributed by atoms with Crippen LogP contribution in [0, 0.1) is 0 Å². The Kier molecular flexibility index (Phi) is 8.45. The van der Waals surface area contributed by atoms with Gasteiger partial charge < -0.3 is 15.0 Å². The first kappa shape index (κ1) is 20.3. The van der Waals surface area contributed by atoms with Gasteiger partial charge in [0.1, 0.15) is 5.75 Å². The number of ether oxygens (including phenoxy) is 1. The lowest BCUT2D eigenvalue weighted by Gasteiger charge is -2.32. The minimum atomic E-state index is -0.0987. The summed E-state index contributed by atoms with van der Waals surface area (Å²) in [6.45, 7) is 5.74. The SMILES string of the molecule is CCCCC(=O)N1CCC(NC(=O)COc2ccc(CCC)cc2)CC1. The van der Waals surface area contributed by atoms with Crippen molar-refractivity contribution in [1.82, 2.24) is 10.2 Å². The maximum atomic E-state index is 12.1. The fourth-order valence-corrected chi connectivity index (χ4v) is 3.22. The van der Waals surface area contributed by atoms with Crippen molar-refractivity contribution in [3.8, 4) is 5.75 Å². The highest BCUT2D eigenvalue weighted by atomic mass is 16.5. The largest absolute Gasteiger partial charge is 0.484 e. The van der Waals surface area contributed by atoms with E-state index < -0.39 is 0 Å². The number of carbonyl (C=O) groups is 2. The van der Waals surface area contributed by atoms with Crippen molar-refractivity contribution in [2.24, 2.45) is 0 Å². The van der Waals surface area contributed by atoms with Crippen LogP contribution in [0.5, 0.6) is 5.75 Å². The first-order valence-electron chi connectivity index (χ1n) is 9.91. The molecule has 144 valence electrons. The van der Waals surface area contributed by atoms with E-state index in [0.717, 1.165) is 57.4 Å². The first-order valence-corrected chi connectivity index (χ1v) is 9.91. The zero-order valence-corrected chi connectivity index (χ0v) is 16.1. The molecule has 0 aliphatic carbocycles. The van der Waals surface area contributed by atoms with Crippen molar-refractivity contribution in [3.05, 3.63) is 29.8 Å². The van der Waals surface area contributed by atoms with E-state index in [2.05, 4.69) is 19.2 Å². The Balaban J connectivity index is 1.66. The molecule has 5 heteroatoms. The fraction of sp³-hybridized carbons (Fsp3) is 0.619. The summed E-state index contributed by atoms with van der Waals surface area (Å²) < 4.78 is 5.57. The number of aryl methyl sites for hydroxylation is 1. The van der Waals surface area contributed by atoms with Gasteiger partial charge in [0.15, 0.2) is 6.61 Å². The number of piperidine rings is 1. The molecule has 0 radical (unpaired) electrons. The maximum absolute atomic E-state index is 12.1. The minimum absolute atomic E-state index is 0.0305. The average Bonchev–Trinajstić information content (AvgIpc) is 2.66. The number of carbonyl (C=O) groups excluding carboxylic acids is 2.